The molecule has 0 N–H and O–H groups in total. The van der Waals surface area contributed by atoms with Crippen molar-refractivity contribution in [2.24, 2.45) is 0 Å². The van der Waals surface area contributed by atoms with Crippen LogP contribution in [0.15, 0.2) is 17.3 Å². The highest BCUT2D eigenvalue weighted by molar-refractivity contribution is 7.89. The average Bonchev–Trinajstić information content (AvgIpc) is 3.04. The van der Waals surface area contributed by atoms with Crippen molar-refractivity contribution in [1.29, 1.82) is 0 Å². The van der Waals surface area contributed by atoms with Crippen LogP contribution in [0.3, 0.4) is 0 Å². The van der Waals surface area contributed by atoms with Gasteiger partial charge in [0.05, 0.1) is 18.3 Å². The van der Waals surface area contributed by atoms with Crippen LogP contribution in [0.4, 0.5) is 0 Å². The summed E-state index contributed by atoms with van der Waals surface area (Å²) in [6, 6.07) is -0.119. The van der Waals surface area contributed by atoms with Gasteiger partial charge in [0, 0.05) is 32.3 Å². The fraction of sp³-hybridized carbons (Fsp3) is 0.750. The standard InChI is InChI=1S/C12H20ClN3O3S/c1-10-12(4-7-19-10)15(2)20(17,18)11-8-14-16(9-11)6-3-5-13/h8-10,12H,3-7H2,1-2H3. The minimum absolute atomic E-state index is 0.0823. The summed E-state index contributed by atoms with van der Waals surface area (Å²) in [6.45, 7) is 3.11. The lowest BCUT2D eigenvalue weighted by atomic mass is 10.2. The van der Waals surface area contributed by atoms with Gasteiger partial charge in [0.1, 0.15) is 4.90 Å². The second-order valence-electron chi connectivity index (χ2n) is 4.93. The summed E-state index contributed by atoms with van der Waals surface area (Å²) in [7, 11) is -1.92. The van der Waals surface area contributed by atoms with E-state index in [0.717, 1.165) is 12.8 Å². The molecule has 8 heteroatoms. The molecule has 0 bridgehead atoms. The fourth-order valence-electron chi connectivity index (χ4n) is 2.36. The third-order valence-electron chi connectivity index (χ3n) is 3.61. The number of rotatable bonds is 6. The SMILES string of the molecule is CC1OCCC1N(C)S(=O)(=O)c1cnn(CCCCl)c1. The molecule has 2 rings (SSSR count). The van der Waals surface area contributed by atoms with Crippen LogP contribution < -0.4 is 0 Å². The van der Waals surface area contributed by atoms with E-state index < -0.39 is 10.0 Å². The number of halogens is 1. The molecule has 1 saturated heterocycles. The third kappa shape index (κ3) is 3.16. The van der Waals surface area contributed by atoms with E-state index in [-0.39, 0.29) is 17.0 Å². The Morgan fingerprint density at radius 1 is 1.60 bits per heavy atom. The number of aryl methyl sites for hydroxylation is 1. The molecule has 6 nitrogen and oxygen atoms in total. The van der Waals surface area contributed by atoms with E-state index in [1.165, 1.54) is 10.5 Å². The Labute approximate surface area is 124 Å². The van der Waals surface area contributed by atoms with Gasteiger partial charge >= 0.3 is 0 Å². The quantitative estimate of drug-likeness (QED) is 0.741. The maximum atomic E-state index is 12.5. The first-order valence-corrected chi connectivity index (χ1v) is 8.62. The van der Waals surface area contributed by atoms with Gasteiger partial charge in [-0.2, -0.15) is 9.40 Å². The normalized spacial score (nSPS) is 23.6. The van der Waals surface area contributed by atoms with Gasteiger partial charge in [-0.3, -0.25) is 4.68 Å². The summed E-state index contributed by atoms with van der Waals surface area (Å²) in [5.74, 6) is 0.527. The van der Waals surface area contributed by atoms with Crippen molar-refractivity contribution in [3.63, 3.8) is 0 Å². The molecule has 0 radical (unpaired) electrons. The summed E-state index contributed by atoms with van der Waals surface area (Å²) in [5.41, 5.74) is 0. The molecule has 0 aliphatic carbocycles. The van der Waals surface area contributed by atoms with Crippen LogP contribution in [0, 0.1) is 0 Å². The Morgan fingerprint density at radius 2 is 2.35 bits per heavy atom. The lowest BCUT2D eigenvalue weighted by Crippen LogP contribution is -2.40. The van der Waals surface area contributed by atoms with Gasteiger partial charge in [0.25, 0.3) is 0 Å². The molecule has 20 heavy (non-hydrogen) atoms. The summed E-state index contributed by atoms with van der Waals surface area (Å²) >= 11 is 5.62. The molecule has 0 aromatic carbocycles. The topological polar surface area (TPSA) is 64.4 Å². The van der Waals surface area contributed by atoms with Crippen LogP contribution >= 0.6 is 11.6 Å². The van der Waals surface area contributed by atoms with Gasteiger partial charge < -0.3 is 4.74 Å². The molecule has 1 aliphatic heterocycles. The average molecular weight is 322 g/mol. The molecule has 1 fully saturated rings. The lowest BCUT2D eigenvalue weighted by molar-refractivity contribution is 0.102. The van der Waals surface area contributed by atoms with Crippen molar-refractivity contribution < 1.29 is 13.2 Å². The molecule has 114 valence electrons. The zero-order valence-corrected chi connectivity index (χ0v) is 13.3. The van der Waals surface area contributed by atoms with E-state index in [0.29, 0.717) is 19.0 Å². The first kappa shape index (κ1) is 15.8. The Bertz CT molecular complexity index is 546. The van der Waals surface area contributed by atoms with Crippen LogP contribution in [-0.4, -0.2) is 54.2 Å². The number of nitrogens with zero attached hydrogens (tertiary/aromatic N) is 3. The van der Waals surface area contributed by atoms with Gasteiger partial charge in [-0.1, -0.05) is 0 Å². The van der Waals surface area contributed by atoms with E-state index in [4.69, 9.17) is 16.3 Å². The van der Waals surface area contributed by atoms with Gasteiger partial charge in [0.15, 0.2) is 0 Å². The number of hydrogen-bond acceptors (Lipinski definition) is 4. The van der Waals surface area contributed by atoms with Crippen molar-refractivity contribution in [3.05, 3.63) is 12.4 Å². The monoisotopic (exact) mass is 321 g/mol. The largest absolute Gasteiger partial charge is 0.377 e. The minimum Gasteiger partial charge on any atom is -0.377 e. The van der Waals surface area contributed by atoms with Crippen LogP contribution in [0.2, 0.25) is 0 Å². The number of alkyl halides is 1. The smallest absolute Gasteiger partial charge is 0.246 e. The second kappa shape index (κ2) is 6.43. The zero-order valence-electron chi connectivity index (χ0n) is 11.7. The van der Waals surface area contributed by atoms with Crippen LogP contribution in [-0.2, 0) is 21.3 Å². The maximum Gasteiger partial charge on any atom is 0.246 e. The summed E-state index contributed by atoms with van der Waals surface area (Å²) < 4.78 is 33.5. The van der Waals surface area contributed by atoms with Gasteiger partial charge in [-0.25, -0.2) is 8.42 Å². The van der Waals surface area contributed by atoms with E-state index in [1.54, 1.807) is 17.9 Å². The van der Waals surface area contributed by atoms with Gasteiger partial charge in [-0.15, -0.1) is 11.6 Å². The maximum absolute atomic E-state index is 12.5. The first-order chi connectivity index (χ1) is 9.46. The summed E-state index contributed by atoms with van der Waals surface area (Å²) in [5, 5.41) is 4.07. The summed E-state index contributed by atoms with van der Waals surface area (Å²) in [6.07, 6.45) is 4.34. The number of likely N-dealkylation sites (N-methyl/N-ethyl adjacent to an activating group) is 1. The Morgan fingerprint density at radius 3 is 2.95 bits per heavy atom. The van der Waals surface area contributed by atoms with Crippen molar-refractivity contribution in [2.45, 2.75) is 43.4 Å². The highest BCUT2D eigenvalue weighted by atomic mass is 35.5. The molecular formula is C12H20ClN3O3S. The van der Waals surface area contributed by atoms with Crippen LogP contribution in [0.1, 0.15) is 19.8 Å². The van der Waals surface area contributed by atoms with E-state index >= 15 is 0 Å². The van der Waals surface area contributed by atoms with Gasteiger partial charge in [0.2, 0.25) is 10.0 Å². The molecule has 0 amide bonds. The molecule has 0 saturated carbocycles. The summed E-state index contributed by atoms with van der Waals surface area (Å²) in [4.78, 5) is 0.216. The van der Waals surface area contributed by atoms with Crippen molar-refractivity contribution >= 4 is 21.6 Å². The van der Waals surface area contributed by atoms with E-state index in [2.05, 4.69) is 5.10 Å². The third-order valence-corrected chi connectivity index (χ3v) is 5.71. The Hall–Kier alpha value is -0.630. The molecule has 2 atom stereocenters. The second-order valence-corrected chi connectivity index (χ2v) is 7.31. The highest BCUT2D eigenvalue weighted by Gasteiger charge is 2.35. The predicted molar refractivity (Wildman–Crippen MR) is 76.3 cm³/mol. The Balaban J connectivity index is 2.15. The number of hydrogen-bond donors (Lipinski definition) is 0. The molecule has 1 aromatic rings. The van der Waals surface area contributed by atoms with Crippen molar-refractivity contribution in [1.82, 2.24) is 14.1 Å². The predicted octanol–water partition coefficient (Wildman–Crippen LogP) is 1.31. The lowest BCUT2D eigenvalue weighted by Gasteiger charge is -2.25. The molecule has 2 unspecified atom stereocenters. The number of aromatic nitrogens is 2. The van der Waals surface area contributed by atoms with Crippen LogP contribution in [0.5, 0.6) is 0 Å². The number of sulfonamides is 1. The molecule has 1 aliphatic rings. The highest BCUT2D eigenvalue weighted by Crippen LogP contribution is 2.24. The molecular weight excluding hydrogens is 302 g/mol. The van der Waals surface area contributed by atoms with Crippen molar-refractivity contribution in [3.8, 4) is 0 Å². The van der Waals surface area contributed by atoms with Crippen LogP contribution in [0.25, 0.3) is 0 Å². The molecule has 1 aromatic heterocycles. The minimum atomic E-state index is -3.52. The molecule has 2 heterocycles. The van der Waals surface area contributed by atoms with Crippen molar-refractivity contribution in [2.75, 3.05) is 19.5 Å². The fourth-order valence-corrected chi connectivity index (χ4v) is 3.88. The van der Waals surface area contributed by atoms with Gasteiger partial charge in [-0.05, 0) is 19.8 Å². The number of ether oxygens (including phenoxy) is 1. The van der Waals surface area contributed by atoms with E-state index in [1.807, 2.05) is 6.92 Å². The first-order valence-electron chi connectivity index (χ1n) is 6.65. The molecule has 0 spiro atoms. The van der Waals surface area contributed by atoms with E-state index in [9.17, 15) is 8.42 Å². The zero-order chi connectivity index (χ0) is 14.8. The Kier molecular flexibility index (Phi) is 5.06.